The van der Waals surface area contributed by atoms with Crippen LogP contribution in [0.25, 0.3) is 76.0 Å². The highest BCUT2D eigenvalue weighted by atomic mass is 32.1. The van der Waals surface area contributed by atoms with Crippen LogP contribution in [0.3, 0.4) is 0 Å². The van der Waals surface area contributed by atoms with Crippen molar-refractivity contribution in [3.05, 3.63) is 204 Å². The van der Waals surface area contributed by atoms with E-state index in [0.29, 0.717) is 5.82 Å². The van der Waals surface area contributed by atoms with Crippen LogP contribution in [0, 0.1) is 0 Å². The minimum absolute atomic E-state index is 0.558. The summed E-state index contributed by atoms with van der Waals surface area (Å²) in [6, 6.07) is 65.1. The lowest BCUT2D eigenvalue weighted by molar-refractivity contribution is 0.436. The number of aromatic nitrogens is 2. The predicted octanol–water partition coefficient (Wildman–Crippen LogP) is 13.5. The van der Waals surface area contributed by atoms with Gasteiger partial charge in [-0.15, -0.1) is 11.3 Å². The first-order valence-corrected chi connectivity index (χ1v) is 19.5. The number of hydrogen-bond acceptors (Lipinski definition) is 4. The highest BCUT2D eigenvalue weighted by Crippen LogP contribution is 2.63. The van der Waals surface area contributed by atoms with E-state index in [2.05, 4.69) is 182 Å². The van der Waals surface area contributed by atoms with Crippen LogP contribution in [0.15, 0.2) is 182 Å². The summed E-state index contributed by atoms with van der Waals surface area (Å²) in [4.78, 5) is 10.8. The molecule has 4 heteroatoms. The van der Waals surface area contributed by atoms with Gasteiger partial charge in [0.25, 0.3) is 0 Å². The standard InChI is InChI=1S/C51H30N2OS/c1-2-14-31(15-3-1)34-17-6-7-19-36(34)50-52-47(49-48(53-50)38-21-9-13-25-45(38)55-49)33-27-28-41-44(30-33)54-43-24-12-11-23-40(43)51(41)39-22-10-8-20-37(39)46-35-18-5-4-16-32(35)26-29-42(46)51/h1-30H. The predicted molar refractivity (Wildman–Crippen MR) is 226 cm³/mol. The first kappa shape index (κ1) is 30.6. The van der Waals surface area contributed by atoms with Gasteiger partial charge in [0.1, 0.15) is 11.5 Å². The Bertz CT molecular complexity index is 3200. The molecule has 55 heavy (non-hydrogen) atoms. The van der Waals surface area contributed by atoms with Crippen LogP contribution in [0.1, 0.15) is 22.3 Å². The van der Waals surface area contributed by atoms with E-state index >= 15 is 0 Å². The van der Waals surface area contributed by atoms with Gasteiger partial charge in [-0.2, -0.15) is 0 Å². The average molecular weight is 719 g/mol. The lowest BCUT2D eigenvalue weighted by Gasteiger charge is -2.39. The molecule has 8 aromatic carbocycles. The van der Waals surface area contributed by atoms with Crippen molar-refractivity contribution in [3.63, 3.8) is 0 Å². The van der Waals surface area contributed by atoms with Crippen LogP contribution in [0.5, 0.6) is 11.5 Å². The van der Waals surface area contributed by atoms with Gasteiger partial charge in [-0.3, -0.25) is 0 Å². The fourth-order valence-electron chi connectivity index (χ4n) is 9.28. The van der Waals surface area contributed by atoms with Crippen molar-refractivity contribution in [1.29, 1.82) is 0 Å². The second-order valence-corrected chi connectivity index (χ2v) is 15.4. The summed E-state index contributed by atoms with van der Waals surface area (Å²) >= 11 is 1.75. The molecule has 3 heterocycles. The number of fused-ring (bicyclic) bond motifs is 14. The van der Waals surface area contributed by atoms with Crippen molar-refractivity contribution in [2.45, 2.75) is 5.41 Å². The first-order chi connectivity index (χ1) is 27.3. The first-order valence-electron chi connectivity index (χ1n) is 18.7. The SMILES string of the molecule is c1ccc(-c2ccccc2-c2nc(-c3ccc4c(c3)Oc3ccccc3C43c4ccccc4-c4c3ccc3ccccc43)c3sc4ccccc4c3n2)cc1. The molecule has 0 amide bonds. The Morgan fingerprint density at radius 1 is 0.455 bits per heavy atom. The Kier molecular flexibility index (Phi) is 6.42. The minimum Gasteiger partial charge on any atom is -0.457 e. The summed E-state index contributed by atoms with van der Waals surface area (Å²) in [7, 11) is 0. The molecule has 1 unspecified atom stereocenters. The Morgan fingerprint density at radius 3 is 2.02 bits per heavy atom. The Balaban J connectivity index is 1.13. The van der Waals surface area contributed by atoms with Crippen LogP contribution < -0.4 is 4.74 Å². The molecule has 1 atom stereocenters. The number of hydrogen-bond donors (Lipinski definition) is 0. The summed E-state index contributed by atoms with van der Waals surface area (Å²) in [5, 5.41) is 3.64. The largest absolute Gasteiger partial charge is 0.457 e. The number of rotatable bonds is 3. The van der Waals surface area contributed by atoms with E-state index in [9.17, 15) is 0 Å². The third-order valence-corrected chi connectivity index (χ3v) is 12.7. The number of ether oxygens (including phenoxy) is 1. The number of nitrogens with zero attached hydrogens (tertiary/aromatic N) is 2. The van der Waals surface area contributed by atoms with E-state index < -0.39 is 5.41 Å². The molecule has 1 aliphatic carbocycles. The van der Waals surface area contributed by atoms with Crippen LogP contribution in [-0.2, 0) is 5.41 Å². The number of para-hydroxylation sites is 1. The molecule has 0 saturated carbocycles. The molecule has 0 N–H and O–H groups in total. The summed E-state index contributed by atoms with van der Waals surface area (Å²) in [5.74, 6) is 2.41. The molecule has 1 spiro atoms. The van der Waals surface area contributed by atoms with Crippen molar-refractivity contribution in [2.75, 3.05) is 0 Å². The second-order valence-electron chi connectivity index (χ2n) is 14.4. The minimum atomic E-state index is -0.558. The number of benzene rings is 8. The fourth-order valence-corrected chi connectivity index (χ4v) is 10.4. The zero-order valence-corrected chi connectivity index (χ0v) is 30.3. The van der Waals surface area contributed by atoms with Gasteiger partial charge >= 0.3 is 0 Å². The van der Waals surface area contributed by atoms with Gasteiger partial charge < -0.3 is 4.74 Å². The second kappa shape index (κ2) is 11.6. The Morgan fingerprint density at radius 2 is 1.13 bits per heavy atom. The van der Waals surface area contributed by atoms with Gasteiger partial charge in [-0.1, -0.05) is 164 Å². The van der Waals surface area contributed by atoms with Crippen molar-refractivity contribution < 1.29 is 4.74 Å². The van der Waals surface area contributed by atoms with Gasteiger partial charge in [0.05, 0.1) is 21.3 Å². The zero-order valence-electron chi connectivity index (χ0n) is 29.5. The van der Waals surface area contributed by atoms with Crippen molar-refractivity contribution in [2.24, 2.45) is 0 Å². The molecular formula is C51H30N2OS. The van der Waals surface area contributed by atoms with Crippen molar-refractivity contribution >= 4 is 42.4 Å². The van der Waals surface area contributed by atoms with Gasteiger partial charge in [-0.25, -0.2) is 9.97 Å². The fraction of sp³-hybridized carbons (Fsp3) is 0.0196. The van der Waals surface area contributed by atoms with Crippen LogP contribution in [0.4, 0.5) is 0 Å². The van der Waals surface area contributed by atoms with Gasteiger partial charge in [0.2, 0.25) is 0 Å². The Hall–Kier alpha value is -6.88. The summed E-state index contributed by atoms with van der Waals surface area (Å²) in [5.41, 5.74) is 13.0. The zero-order chi connectivity index (χ0) is 36.1. The third-order valence-electron chi connectivity index (χ3n) is 11.6. The maximum Gasteiger partial charge on any atom is 0.161 e. The van der Waals surface area contributed by atoms with Crippen molar-refractivity contribution in [1.82, 2.24) is 9.97 Å². The molecule has 0 saturated heterocycles. The monoisotopic (exact) mass is 718 g/mol. The lowest BCUT2D eigenvalue weighted by Crippen LogP contribution is -2.32. The summed E-state index contributed by atoms with van der Waals surface area (Å²) < 4.78 is 9.22. The molecule has 1 aliphatic heterocycles. The van der Waals surface area contributed by atoms with Gasteiger partial charge in [0, 0.05) is 32.3 Å². The molecular weight excluding hydrogens is 689 g/mol. The van der Waals surface area contributed by atoms with Gasteiger partial charge in [-0.05, 0) is 62.4 Å². The van der Waals surface area contributed by atoms with Crippen LogP contribution in [-0.4, -0.2) is 9.97 Å². The molecule has 3 nitrogen and oxygen atoms in total. The summed E-state index contributed by atoms with van der Waals surface area (Å²) in [6.45, 7) is 0. The van der Waals surface area contributed by atoms with E-state index in [1.54, 1.807) is 11.3 Å². The maximum atomic E-state index is 6.97. The highest BCUT2D eigenvalue weighted by molar-refractivity contribution is 7.26. The molecule has 10 aromatic rings. The highest BCUT2D eigenvalue weighted by Gasteiger charge is 2.51. The lowest BCUT2D eigenvalue weighted by atomic mass is 9.66. The van der Waals surface area contributed by atoms with E-state index in [1.807, 2.05) is 0 Å². The van der Waals surface area contributed by atoms with E-state index in [1.165, 1.54) is 37.7 Å². The molecule has 0 fully saturated rings. The molecule has 12 rings (SSSR count). The van der Waals surface area contributed by atoms with E-state index in [0.717, 1.165) is 66.2 Å². The smallest absolute Gasteiger partial charge is 0.161 e. The van der Waals surface area contributed by atoms with Gasteiger partial charge in [0.15, 0.2) is 5.82 Å². The molecule has 0 bridgehead atoms. The molecule has 256 valence electrons. The van der Waals surface area contributed by atoms with E-state index in [4.69, 9.17) is 14.7 Å². The normalized spacial score (nSPS) is 15.1. The van der Waals surface area contributed by atoms with Crippen molar-refractivity contribution in [3.8, 4) is 56.4 Å². The topological polar surface area (TPSA) is 35.0 Å². The molecule has 2 aliphatic rings. The maximum absolute atomic E-state index is 6.97. The number of thiophene rings is 1. The quantitative estimate of drug-likeness (QED) is 0.182. The Labute approximate surface area is 321 Å². The molecule has 2 aromatic heterocycles. The average Bonchev–Trinajstić information content (AvgIpc) is 3.78. The van der Waals surface area contributed by atoms with Crippen LogP contribution >= 0.6 is 11.3 Å². The summed E-state index contributed by atoms with van der Waals surface area (Å²) in [6.07, 6.45) is 0. The van der Waals surface area contributed by atoms with E-state index in [-0.39, 0.29) is 0 Å². The van der Waals surface area contributed by atoms with Crippen LogP contribution in [0.2, 0.25) is 0 Å². The molecule has 0 radical (unpaired) electrons. The third kappa shape index (κ3) is 4.26.